The molecule has 4 N–H and O–H groups in total. The van der Waals surface area contributed by atoms with E-state index in [0.29, 0.717) is 6.42 Å². The van der Waals surface area contributed by atoms with Crippen LogP contribution in [0.3, 0.4) is 0 Å². The fourth-order valence-corrected chi connectivity index (χ4v) is 3.83. The second-order valence-corrected chi connectivity index (χ2v) is 8.29. The molecule has 1 aliphatic rings. The first kappa shape index (κ1) is 21.0. The van der Waals surface area contributed by atoms with Crippen molar-refractivity contribution in [3.8, 4) is 11.1 Å². The Morgan fingerprint density at radius 1 is 1.03 bits per heavy atom. The van der Waals surface area contributed by atoms with Crippen LogP contribution in [0.25, 0.3) is 11.1 Å². The van der Waals surface area contributed by atoms with Gasteiger partial charge < -0.3 is 20.6 Å². The highest BCUT2D eigenvalue weighted by Crippen LogP contribution is 2.47. The summed E-state index contributed by atoms with van der Waals surface area (Å²) in [6.07, 6.45) is -1.08. The topological polar surface area (TPSA) is 107 Å². The maximum absolute atomic E-state index is 12.2. The summed E-state index contributed by atoms with van der Waals surface area (Å²) in [5, 5.41) is 31.7. The Labute approximate surface area is 170 Å². The number of carboxylic acid groups (broad SMARTS) is 1. The van der Waals surface area contributed by atoms with Gasteiger partial charge in [-0.05, 0) is 28.7 Å². The number of aliphatic hydroxyl groups excluding tert-OH is 2. The highest BCUT2D eigenvalue weighted by molar-refractivity contribution is 5.82. The van der Waals surface area contributed by atoms with Crippen molar-refractivity contribution in [1.82, 2.24) is 5.32 Å². The second kappa shape index (κ2) is 8.35. The monoisotopic (exact) mass is 397 g/mol. The third kappa shape index (κ3) is 4.18. The number of aliphatic hydroxyl groups is 2. The van der Waals surface area contributed by atoms with E-state index < -0.39 is 29.3 Å². The van der Waals surface area contributed by atoms with Crippen molar-refractivity contribution in [3.63, 3.8) is 0 Å². The third-order valence-corrected chi connectivity index (χ3v) is 5.75. The predicted octanol–water partition coefficient (Wildman–Crippen LogP) is 2.39. The van der Waals surface area contributed by atoms with Crippen molar-refractivity contribution in [3.05, 3.63) is 59.7 Å². The summed E-state index contributed by atoms with van der Waals surface area (Å²) in [6.45, 7) is 2.68. The number of hydrogen-bond acceptors (Lipinski definition) is 4. The Morgan fingerprint density at radius 3 is 2.03 bits per heavy atom. The SMILES string of the molecule is CC(C)(CO)C(O)C(=O)NC[C@@H](CC1c2ccccc2-c2ccccc21)C(=O)O. The largest absolute Gasteiger partial charge is 0.481 e. The molecule has 6 heteroatoms. The van der Waals surface area contributed by atoms with Crippen LogP contribution in [-0.4, -0.2) is 46.5 Å². The van der Waals surface area contributed by atoms with Crippen molar-refractivity contribution in [1.29, 1.82) is 0 Å². The number of hydrogen-bond donors (Lipinski definition) is 4. The summed E-state index contributed by atoms with van der Waals surface area (Å²) < 4.78 is 0. The van der Waals surface area contributed by atoms with Gasteiger partial charge in [-0.3, -0.25) is 9.59 Å². The van der Waals surface area contributed by atoms with Crippen LogP contribution in [0.4, 0.5) is 0 Å². The molecule has 0 bridgehead atoms. The first-order valence-electron chi connectivity index (χ1n) is 9.74. The van der Waals surface area contributed by atoms with Crippen LogP contribution in [0, 0.1) is 11.3 Å². The summed E-state index contributed by atoms with van der Waals surface area (Å²) in [4.78, 5) is 24.1. The van der Waals surface area contributed by atoms with Crippen LogP contribution in [0.5, 0.6) is 0 Å². The maximum Gasteiger partial charge on any atom is 0.308 e. The van der Waals surface area contributed by atoms with E-state index in [-0.39, 0.29) is 19.1 Å². The van der Waals surface area contributed by atoms with E-state index in [1.807, 2.05) is 48.5 Å². The molecule has 0 spiro atoms. The van der Waals surface area contributed by atoms with E-state index in [1.54, 1.807) is 13.8 Å². The fraction of sp³-hybridized carbons (Fsp3) is 0.391. The molecule has 2 aromatic rings. The molecule has 0 aliphatic heterocycles. The molecule has 1 amide bonds. The van der Waals surface area contributed by atoms with Gasteiger partial charge in [0.2, 0.25) is 5.91 Å². The molecule has 3 rings (SSSR count). The Balaban J connectivity index is 1.77. The van der Waals surface area contributed by atoms with Gasteiger partial charge in [-0.2, -0.15) is 0 Å². The van der Waals surface area contributed by atoms with E-state index in [2.05, 4.69) is 5.32 Å². The number of amides is 1. The molecule has 0 saturated heterocycles. The van der Waals surface area contributed by atoms with Gasteiger partial charge in [0.15, 0.2) is 0 Å². The van der Waals surface area contributed by atoms with E-state index in [0.717, 1.165) is 22.3 Å². The van der Waals surface area contributed by atoms with E-state index >= 15 is 0 Å². The third-order valence-electron chi connectivity index (χ3n) is 5.75. The molecule has 0 fully saturated rings. The number of fused-ring (bicyclic) bond motifs is 3. The lowest BCUT2D eigenvalue weighted by atomic mass is 9.86. The highest BCUT2D eigenvalue weighted by Gasteiger charge is 2.35. The molecule has 0 radical (unpaired) electrons. The molecule has 1 aliphatic carbocycles. The van der Waals surface area contributed by atoms with Crippen molar-refractivity contribution in [2.75, 3.05) is 13.2 Å². The molecule has 2 atom stereocenters. The normalized spacial score (nSPS) is 15.3. The average molecular weight is 397 g/mol. The lowest BCUT2D eigenvalue weighted by molar-refractivity contribution is -0.143. The minimum absolute atomic E-state index is 0.0702. The zero-order chi connectivity index (χ0) is 21.2. The standard InChI is InChI=1S/C23H27NO5/c1-23(2,13-25)20(26)21(27)24-12-14(22(28)29)11-19-17-9-5-3-7-15(17)16-8-4-6-10-18(16)19/h3-10,14,19-20,25-26H,11-13H2,1-2H3,(H,24,27)(H,28,29)/t14-,20?/m1/s1. The van der Waals surface area contributed by atoms with Crippen molar-refractivity contribution in [2.24, 2.45) is 11.3 Å². The average Bonchev–Trinajstić information content (AvgIpc) is 3.03. The van der Waals surface area contributed by atoms with Crippen LogP contribution in [0.2, 0.25) is 0 Å². The van der Waals surface area contributed by atoms with Gasteiger partial charge in [-0.15, -0.1) is 0 Å². The van der Waals surface area contributed by atoms with Gasteiger partial charge in [-0.1, -0.05) is 62.4 Å². The van der Waals surface area contributed by atoms with Crippen LogP contribution in [0.15, 0.2) is 48.5 Å². The van der Waals surface area contributed by atoms with Crippen molar-refractivity contribution < 1.29 is 24.9 Å². The summed E-state index contributed by atoms with van der Waals surface area (Å²) in [5.41, 5.74) is 3.40. The van der Waals surface area contributed by atoms with Gasteiger partial charge in [0, 0.05) is 17.9 Å². The summed E-state index contributed by atoms with van der Waals surface area (Å²) in [7, 11) is 0. The number of benzene rings is 2. The minimum Gasteiger partial charge on any atom is -0.481 e. The molecule has 154 valence electrons. The van der Waals surface area contributed by atoms with Gasteiger partial charge in [-0.25, -0.2) is 0 Å². The first-order valence-corrected chi connectivity index (χ1v) is 9.74. The van der Waals surface area contributed by atoms with Gasteiger partial charge in [0.25, 0.3) is 0 Å². The summed E-state index contributed by atoms with van der Waals surface area (Å²) in [6, 6.07) is 16.0. The lowest BCUT2D eigenvalue weighted by Crippen LogP contribution is -2.47. The zero-order valence-electron chi connectivity index (χ0n) is 16.6. The van der Waals surface area contributed by atoms with Crippen LogP contribution in [-0.2, 0) is 9.59 Å². The number of carbonyl (C=O) groups is 2. The number of aliphatic carboxylic acids is 1. The van der Waals surface area contributed by atoms with Crippen molar-refractivity contribution in [2.45, 2.75) is 32.3 Å². The second-order valence-electron chi connectivity index (χ2n) is 8.29. The molecular weight excluding hydrogens is 370 g/mol. The molecule has 0 heterocycles. The van der Waals surface area contributed by atoms with Crippen LogP contribution < -0.4 is 5.32 Å². The summed E-state index contributed by atoms with van der Waals surface area (Å²) in [5.74, 6) is -2.56. The first-order chi connectivity index (χ1) is 13.8. The van der Waals surface area contributed by atoms with Gasteiger partial charge in [0.05, 0.1) is 12.5 Å². The van der Waals surface area contributed by atoms with Crippen LogP contribution in [0.1, 0.15) is 37.3 Å². The minimum atomic E-state index is -1.42. The Hall–Kier alpha value is -2.70. The maximum atomic E-state index is 12.2. The number of nitrogens with one attached hydrogen (secondary N) is 1. The highest BCUT2D eigenvalue weighted by atomic mass is 16.4. The number of rotatable bonds is 8. The van der Waals surface area contributed by atoms with Crippen molar-refractivity contribution >= 4 is 11.9 Å². The molecule has 6 nitrogen and oxygen atoms in total. The molecule has 29 heavy (non-hydrogen) atoms. The quantitative estimate of drug-likeness (QED) is 0.547. The Bertz CT molecular complexity index is 862. The lowest BCUT2D eigenvalue weighted by Gasteiger charge is -2.28. The molecule has 0 saturated carbocycles. The number of carbonyl (C=O) groups excluding carboxylic acids is 1. The fourth-order valence-electron chi connectivity index (χ4n) is 3.83. The molecular formula is C23H27NO5. The Kier molecular flexibility index (Phi) is 6.05. The zero-order valence-corrected chi connectivity index (χ0v) is 16.6. The van der Waals surface area contributed by atoms with E-state index in [9.17, 15) is 24.9 Å². The van der Waals surface area contributed by atoms with E-state index in [4.69, 9.17) is 0 Å². The molecule has 0 aromatic heterocycles. The Morgan fingerprint density at radius 2 is 1.55 bits per heavy atom. The van der Waals surface area contributed by atoms with Crippen LogP contribution >= 0.6 is 0 Å². The van der Waals surface area contributed by atoms with Gasteiger partial charge in [0.1, 0.15) is 6.10 Å². The molecule has 1 unspecified atom stereocenters. The van der Waals surface area contributed by atoms with E-state index in [1.165, 1.54) is 0 Å². The predicted molar refractivity (Wildman–Crippen MR) is 109 cm³/mol. The molecule has 2 aromatic carbocycles. The smallest absolute Gasteiger partial charge is 0.308 e. The van der Waals surface area contributed by atoms with Gasteiger partial charge >= 0.3 is 5.97 Å². The number of carboxylic acids is 1. The summed E-state index contributed by atoms with van der Waals surface area (Å²) >= 11 is 0.